The van der Waals surface area contributed by atoms with Crippen LogP contribution in [0.25, 0.3) is 0 Å². The van der Waals surface area contributed by atoms with Gasteiger partial charge < -0.3 is 27.0 Å². The van der Waals surface area contributed by atoms with Gasteiger partial charge in [-0.25, -0.2) is 0 Å². The van der Waals surface area contributed by atoms with E-state index in [1.807, 2.05) is 0 Å². The first-order valence-electron chi connectivity index (χ1n) is 0. The SMILES string of the molecule is [Cd+2].[K+].[K+].[S-2].[S-2]. The van der Waals surface area contributed by atoms with Gasteiger partial charge in [-0.3, -0.25) is 0 Å². The van der Waals surface area contributed by atoms with Gasteiger partial charge in [-0.1, -0.05) is 0 Å². The molecule has 0 N–H and O–H groups in total. The zero-order valence-corrected chi connectivity index (χ0v) is 15.4. The van der Waals surface area contributed by atoms with E-state index in [1.54, 1.807) is 0 Å². The number of rotatable bonds is 0. The van der Waals surface area contributed by atoms with Crippen molar-refractivity contribution in [2.24, 2.45) is 0 Å². The van der Waals surface area contributed by atoms with Crippen molar-refractivity contribution in [3.05, 3.63) is 0 Å². The molecule has 0 nitrogen and oxygen atoms in total. The summed E-state index contributed by atoms with van der Waals surface area (Å²) in [5.41, 5.74) is 0. The predicted molar refractivity (Wildman–Crippen MR) is 14.7 cm³/mol. The summed E-state index contributed by atoms with van der Waals surface area (Å²) in [5.74, 6) is 0. The minimum atomic E-state index is 0. The van der Waals surface area contributed by atoms with Gasteiger partial charge in [-0.15, -0.1) is 0 Å². The molecule has 0 aliphatic rings. The van der Waals surface area contributed by atoms with Gasteiger partial charge in [0.15, 0.2) is 0 Å². The minimum Gasteiger partial charge on any atom is -2.00 e. The normalized spacial score (nSPS) is 0. The molecule has 0 radical (unpaired) electrons. The van der Waals surface area contributed by atoms with E-state index in [2.05, 4.69) is 0 Å². The summed E-state index contributed by atoms with van der Waals surface area (Å²) in [4.78, 5) is 0. The maximum absolute atomic E-state index is 0. The van der Waals surface area contributed by atoms with Gasteiger partial charge in [-0.05, 0) is 0 Å². The van der Waals surface area contributed by atoms with Crippen LogP contribution in [0.4, 0.5) is 0 Å². The third-order valence-electron chi connectivity index (χ3n) is 0. The zero-order chi connectivity index (χ0) is 0. The number of hydrogen-bond acceptors (Lipinski definition) is 0. The smallest absolute Gasteiger partial charge is 2.00 e. The summed E-state index contributed by atoms with van der Waals surface area (Å²) >= 11 is 0. The van der Waals surface area contributed by atoms with Gasteiger partial charge in [0.25, 0.3) is 0 Å². The molecule has 0 saturated heterocycles. The molecule has 0 heterocycles. The van der Waals surface area contributed by atoms with E-state index in [0.29, 0.717) is 0 Å². The fraction of sp³-hybridized carbons (Fsp3) is 0. The van der Waals surface area contributed by atoms with Crippen LogP contribution >= 0.6 is 0 Å². The van der Waals surface area contributed by atoms with Crippen LogP contribution in [0.5, 0.6) is 0 Å². The van der Waals surface area contributed by atoms with Crippen LogP contribution in [0.3, 0.4) is 0 Å². The van der Waals surface area contributed by atoms with Crippen molar-refractivity contribution in [2.45, 2.75) is 0 Å². The second kappa shape index (κ2) is 23.1. The molecule has 0 aliphatic heterocycles. The van der Waals surface area contributed by atoms with Crippen molar-refractivity contribution >= 4 is 27.0 Å². The Balaban J connectivity index is 0. The molecule has 5 heteroatoms. The average molecular weight is 255 g/mol. The fourth-order valence-electron chi connectivity index (χ4n) is 0. The zero-order valence-electron chi connectivity index (χ0n) is 3.52. The van der Waals surface area contributed by atoms with E-state index in [4.69, 9.17) is 0 Å². The molecular weight excluding hydrogens is 255 g/mol. The van der Waals surface area contributed by atoms with Crippen LogP contribution in [0, 0.1) is 0 Å². The third kappa shape index (κ3) is 17.6. The van der Waals surface area contributed by atoms with Gasteiger partial charge in [0.1, 0.15) is 0 Å². The van der Waals surface area contributed by atoms with Gasteiger partial charge in [0, 0.05) is 0 Å². The van der Waals surface area contributed by atoms with Gasteiger partial charge in [-0.2, -0.15) is 0 Å². The molecule has 0 aromatic rings. The van der Waals surface area contributed by atoms with Crippen molar-refractivity contribution in [3.8, 4) is 0 Å². The molecule has 0 unspecified atom stereocenters. The topological polar surface area (TPSA) is 0 Å². The predicted octanol–water partition coefficient (Wildman–Crippen LogP) is -6.00. The maximum Gasteiger partial charge on any atom is 2.00 e. The fourth-order valence-corrected chi connectivity index (χ4v) is 0. The van der Waals surface area contributed by atoms with Gasteiger partial charge in [0.05, 0.1) is 0 Å². The Morgan fingerprint density at radius 2 is 0.600 bits per heavy atom. The van der Waals surface area contributed by atoms with Crippen molar-refractivity contribution in [3.63, 3.8) is 0 Å². The second-order valence-corrected chi connectivity index (χ2v) is 0. The monoisotopic (exact) mass is 256 g/mol. The largest absolute Gasteiger partial charge is 2.00 e. The summed E-state index contributed by atoms with van der Waals surface area (Å²) in [6.07, 6.45) is 0. The van der Waals surface area contributed by atoms with Crippen LogP contribution in [-0.2, 0) is 54.3 Å². The standard InChI is InChI=1S/Cd.2K.2S/q+2;2*+1;2*-2. The summed E-state index contributed by atoms with van der Waals surface area (Å²) in [6.45, 7) is 0. The summed E-state index contributed by atoms with van der Waals surface area (Å²) in [5, 5.41) is 0. The maximum atomic E-state index is 0. The first-order valence-corrected chi connectivity index (χ1v) is 0. The molecule has 0 aromatic carbocycles. The molecule has 0 aliphatic carbocycles. The van der Waals surface area contributed by atoms with Crippen LogP contribution in [-0.4, -0.2) is 0 Å². The Labute approximate surface area is 152 Å². The molecule has 0 amide bonds. The third-order valence-corrected chi connectivity index (χ3v) is 0. The summed E-state index contributed by atoms with van der Waals surface area (Å²) in [6, 6.07) is 0. The molecule has 0 bridgehead atoms. The van der Waals surface area contributed by atoms with Crippen molar-refractivity contribution in [2.75, 3.05) is 0 Å². The Hall–Kier alpha value is 4.89. The van der Waals surface area contributed by atoms with Crippen LogP contribution in [0.15, 0.2) is 0 Å². The quantitative estimate of drug-likeness (QED) is 0.378. The van der Waals surface area contributed by atoms with Gasteiger partial charge >= 0.3 is 130 Å². The molecule has 0 fully saturated rings. The minimum absolute atomic E-state index is 0. The van der Waals surface area contributed by atoms with Crippen LogP contribution in [0.2, 0.25) is 0 Å². The van der Waals surface area contributed by atoms with Crippen molar-refractivity contribution in [1.29, 1.82) is 0 Å². The van der Waals surface area contributed by atoms with Crippen LogP contribution < -0.4 is 103 Å². The van der Waals surface area contributed by atoms with E-state index >= 15 is 0 Å². The van der Waals surface area contributed by atoms with Gasteiger partial charge in [0.2, 0.25) is 0 Å². The molecule has 0 spiro atoms. The molecule has 0 saturated carbocycles. The molecular formula is CdK2S2. The van der Waals surface area contributed by atoms with E-state index < -0.39 is 0 Å². The van der Waals surface area contributed by atoms with E-state index in [9.17, 15) is 0 Å². The second-order valence-electron chi connectivity index (χ2n) is 0. The Morgan fingerprint density at radius 1 is 0.600 bits per heavy atom. The molecule has 5 heavy (non-hydrogen) atoms. The van der Waals surface area contributed by atoms with E-state index in [-0.39, 0.29) is 157 Å². The summed E-state index contributed by atoms with van der Waals surface area (Å²) < 4.78 is 0. The average Bonchev–Trinajstić information content (AvgIpc) is 0. The molecule has 0 rings (SSSR count). The summed E-state index contributed by atoms with van der Waals surface area (Å²) in [7, 11) is 0. The van der Waals surface area contributed by atoms with Crippen molar-refractivity contribution < 1.29 is 130 Å². The molecule has 16 valence electrons. The first-order chi connectivity index (χ1) is 0. The van der Waals surface area contributed by atoms with E-state index in [1.165, 1.54) is 0 Å². The Kier molecular flexibility index (Phi) is 151. The number of hydrogen-bond donors (Lipinski definition) is 0. The molecule has 0 aromatic heterocycles. The Morgan fingerprint density at radius 3 is 0.600 bits per heavy atom. The van der Waals surface area contributed by atoms with E-state index in [0.717, 1.165) is 0 Å². The first kappa shape index (κ1) is 32.7. The Bertz CT molecular complexity index is 7.61. The van der Waals surface area contributed by atoms with Crippen molar-refractivity contribution in [1.82, 2.24) is 0 Å². The van der Waals surface area contributed by atoms with Crippen LogP contribution in [0.1, 0.15) is 0 Å². The molecule has 0 atom stereocenters.